The van der Waals surface area contributed by atoms with Crippen molar-refractivity contribution < 1.29 is 9.90 Å². The molecule has 5 rings (SSSR count). The quantitative estimate of drug-likeness (QED) is 0.334. The summed E-state index contributed by atoms with van der Waals surface area (Å²) in [6, 6.07) is 14.8. The normalized spacial score (nSPS) is 13.7. The van der Waals surface area contributed by atoms with Gasteiger partial charge in [0.05, 0.1) is 27.5 Å². The summed E-state index contributed by atoms with van der Waals surface area (Å²) >= 11 is 13.7. The lowest BCUT2D eigenvalue weighted by Gasteiger charge is -2.36. The van der Waals surface area contributed by atoms with Crippen LogP contribution in [-0.2, 0) is 27.1 Å². The molecule has 0 aliphatic carbocycles. The molecule has 41 heavy (non-hydrogen) atoms. The Hall–Kier alpha value is -3.76. The molecule has 212 valence electrons. The third-order valence-electron chi connectivity index (χ3n) is 7.24. The van der Waals surface area contributed by atoms with Gasteiger partial charge < -0.3 is 15.0 Å². The van der Waals surface area contributed by atoms with Gasteiger partial charge in [-0.3, -0.25) is 24.0 Å². The minimum Gasteiger partial charge on any atom is -0.390 e. The zero-order valence-corrected chi connectivity index (χ0v) is 24.3. The van der Waals surface area contributed by atoms with Crippen LogP contribution in [0.5, 0.6) is 0 Å². The Labute approximate surface area is 246 Å². The standard InChI is InChI=1S/C30H29Cl2N5O4/c1-4-23-17(13-37-14-18(38)15-37)11-12-24(33-23)21-9-5-7-19(26(21)31)20-8-6-10-25(27(20)32)34-28(39)22-16-35(2)30(41)36(3)29(22)40/h5-12,16,18,38H,4,13-15H2,1-3H3,(H,34,39). The van der Waals surface area contributed by atoms with Gasteiger partial charge in [-0.05, 0) is 24.1 Å². The maximum absolute atomic E-state index is 13.0. The second-order valence-electron chi connectivity index (χ2n) is 10.1. The third-order valence-corrected chi connectivity index (χ3v) is 8.05. The summed E-state index contributed by atoms with van der Waals surface area (Å²) in [4.78, 5) is 44.6. The largest absolute Gasteiger partial charge is 0.390 e. The molecule has 1 aliphatic heterocycles. The Morgan fingerprint density at radius 1 is 1.00 bits per heavy atom. The number of carbonyl (C=O) groups excluding carboxylic acids is 1. The maximum atomic E-state index is 13.0. The number of hydrogen-bond donors (Lipinski definition) is 2. The number of carbonyl (C=O) groups is 1. The molecule has 0 radical (unpaired) electrons. The van der Waals surface area contributed by atoms with Crippen molar-refractivity contribution in [1.82, 2.24) is 19.0 Å². The van der Waals surface area contributed by atoms with Gasteiger partial charge in [-0.25, -0.2) is 4.79 Å². The van der Waals surface area contributed by atoms with Crippen molar-refractivity contribution >= 4 is 34.8 Å². The monoisotopic (exact) mass is 593 g/mol. The van der Waals surface area contributed by atoms with E-state index in [1.165, 1.54) is 24.9 Å². The number of likely N-dealkylation sites (tertiary alicyclic amines) is 1. The first-order valence-electron chi connectivity index (χ1n) is 13.1. The number of halogens is 2. The summed E-state index contributed by atoms with van der Waals surface area (Å²) in [6.45, 7) is 4.13. The van der Waals surface area contributed by atoms with Crippen LogP contribution in [0, 0.1) is 0 Å². The Balaban J connectivity index is 1.46. The molecule has 1 saturated heterocycles. The molecular formula is C30H29Cl2N5O4. The Morgan fingerprint density at radius 3 is 2.34 bits per heavy atom. The van der Waals surface area contributed by atoms with Crippen LogP contribution in [-0.4, -0.2) is 49.2 Å². The van der Waals surface area contributed by atoms with Crippen LogP contribution in [0.15, 0.2) is 64.3 Å². The Morgan fingerprint density at radius 2 is 1.66 bits per heavy atom. The number of aliphatic hydroxyl groups is 1. The number of aliphatic hydroxyl groups excluding tert-OH is 1. The summed E-state index contributed by atoms with van der Waals surface area (Å²) in [6.07, 6.45) is 1.70. The number of rotatable bonds is 7. The molecule has 1 amide bonds. The van der Waals surface area contributed by atoms with Crippen LogP contribution in [0.3, 0.4) is 0 Å². The van der Waals surface area contributed by atoms with E-state index in [-0.39, 0.29) is 16.7 Å². The summed E-state index contributed by atoms with van der Waals surface area (Å²) in [5.74, 6) is -0.691. The molecule has 9 nitrogen and oxygen atoms in total. The van der Waals surface area contributed by atoms with Crippen molar-refractivity contribution in [3.05, 3.63) is 102 Å². The van der Waals surface area contributed by atoms with Gasteiger partial charge in [-0.15, -0.1) is 0 Å². The topological polar surface area (TPSA) is 109 Å². The first-order chi connectivity index (χ1) is 19.6. The lowest BCUT2D eigenvalue weighted by atomic mass is 9.99. The van der Waals surface area contributed by atoms with E-state index in [1.54, 1.807) is 18.2 Å². The van der Waals surface area contributed by atoms with Gasteiger partial charge in [0.15, 0.2) is 0 Å². The van der Waals surface area contributed by atoms with E-state index in [9.17, 15) is 19.5 Å². The lowest BCUT2D eigenvalue weighted by Crippen LogP contribution is -2.49. The van der Waals surface area contributed by atoms with E-state index >= 15 is 0 Å². The number of aryl methyl sites for hydroxylation is 2. The molecule has 0 saturated carbocycles. The van der Waals surface area contributed by atoms with E-state index < -0.39 is 17.2 Å². The van der Waals surface area contributed by atoms with E-state index in [4.69, 9.17) is 28.2 Å². The van der Waals surface area contributed by atoms with Crippen molar-refractivity contribution in [2.45, 2.75) is 26.0 Å². The molecule has 0 spiro atoms. The van der Waals surface area contributed by atoms with Crippen molar-refractivity contribution in [3.8, 4) is 22.4 Å². The number of aromatic nitrogens is 3. The number of pyridine rings is 1. The van der Waals surface area contributed by atoms with Crippen LogP contribution >= 0.6 is 23.2 Å². The Kier molecular flexibility index (Phi) is 8.15. The molecule has 3 heterocycles. The summed E-state index contributed by atoms with van der Waals surface area (Å²) in [5.41, 5.74) is 3.66. The Bertz CT molecular complexity index is 1780. The van der Waals surface area contributed by atoms with Gasteiger partial charge in [-0.1, -0.05) is 66.5 Å². The van der Waals surface area contributed by atoms with E-state index in [2.05, 4.69) is 23.2 Å². The predicted molar refractivity (Wildman–Crippen MR) is 161 cm³/mol. The van der Waals surface area contributed by atoms with Gasteiger partial charge in [0, 0.05) is 62.3 Å². The molecule has 4 aromatic rings. The van der Waals surface area contributed by atoms with Gasteiger partial charge in [-0.2, -0.15) is 0 Å². The third kappa shape index (κ3) is 5.58. The fourth-order valence-electron chi connectivity index (χ4n) is 4.97. The molecule has 0 atom stereocenters. The summed E-state index contributed by atoms with van der Waals surface area (Å²) in [7, 11) is 2.78. The SMILES string of the molecule is CCc1nc(-c2cccc(-c3cccc(NC(=O)c4cn(C)c(=O)n(C)c4=O)c3Cl)c2Cl)ccc1CN1CC(O)C1. The van der Waals surface area contributed by atoms with Crippen LogP contribution in [0.2, 0.25) is 10.0 Å². The van der Waals surface area contributed by atoms with Gasteiger partial charge in [0.1, 0.15) is 5.56 Å². The van der Waals surface area contributed by atoms with Gasteiger partial charge in [0.2, 0.25) is 0 Å². The lowest BCUT2D eigenvalue weighted by molar-refractivity contribution is -0.00306. The number of hydrogen-bond acceptors (Lipinski definition) is 6. The highest BCUT2D eigenvalue weighted by Crippen LogP contribution is 2.41. The number of nitrogens with zero attached hydrogens (tertiary/aromatic N) is 4. The van der Waals surface area contributed by atoms with Crippen LogP contribution in [0.4, 0.5) is 5.69 Å². The first kappa shape index (κ1) is 28.8. The van der Waals surface area contributed by atoms with Gasteiger partial charge in [0.25, 0.3) is 11.5 Å². The second-order valence-corrected chi connectivity index (χ2v) is 10.8. The molecule has 2 N–H and O–H groups in total. The molecular weight excluding hydrogens is 565 g/mol. The number of amides is 1. The number of benzene rings is 2. The van der Waals surface area contributed by atoms with Crippen LogP contribution < -0.4 is 16.6 Å². The molecule has 1 aliphatic rings. The van der Waals surface area contributed by atoms with Crippen molar-refractivity contribution in [1.29, 1.82) is 0 Å². The second kappa shape index (κ2) is 11.6. The molecule has 1 fully saturated rings. The molecule has 0 bridgehead atoms. The minimum absolute atomic E-state index is 0.192. The number of nitrogens with one attached hydrogen (secondary N) is 1. The van der Waals surface area contributed by atoms with Crippen molar-refractivity contribution in [3.63, 3.8) is 0 Å². The van der Waals surface area contributed by atoms with E-state index in [1.807, 2.05) is 24.3 Å². The molecule has 11 heteroatoms. The first-order valence-corrected chi connectivity index (χ1v) is 13.9. The molecule has 2 aromatic heterocycles. The number of anilines is 1. The van der Waals surface area contributed by atoms with Crippen molar-refractivity contribution in [2.24, 2.45) is 14.1 Å². The fourth-order valence-corrected chi connectivity index (χ4v) is 5.57. The zero-order chi connectivity index (χ0) is 29.4. The van der Waals surface area contributed by atoms with Gasteiger partial charge >= 0.3 is 5.69 Å². The van der Waals surface area contributed by atoms with Crippen molar-refractivity contribution in [2.75, 3.05) is 18.4 Å². The summed E-state index contributed by atoms with van der Waals surface area (Å²) in [5, 5.41) is 13.0. The summed E-state index contributed by atoms with van der Waals surface area (Å²) < 4.78 is 2.04. The molecule has 2 aromatic carbocycles. The highest BCUT2D eigenvalue weighted by atomic mass is 35.5. The van der Waals surface area contributed by atoms with Crippen LogP contribution in [0.25, 0.3) is 22.4 Å². The predicted octanol–water partition coefficient (Wildman–Crippen LogP) is 4.11. The average Bonchev–Trinajstić information content (AvgIpc) is 2.94. The maximum Gasteiger partial charge on any atom is 0.330 e. The average molecular weight is 594 g/mol. The highest BCUT2D eigenvalue weighted by molar-refractivity contribution is 6.39. The fraction of sp³-hybridized carbons (Fsp3) is 0.267. The van der Waals surface area contributed by atoms with E-state index in [0.717, 1.165) is 40.0 Å². The highest BCUT2D eigenvalue weighted by Gasteiger charge is 2.25. The van der Waals surface area contributed by atoms with Crippen LogP contribution in [0.1, 0.15) is 28.5 Å². The van der Waals surface area contributed by atoms with E-state index in [0.29, 0.717) is 34.9 Å². The molecule has 0 unspecified atom stereocenters. The zero-order valence-electron chi connectivity index (χ0n) is 22.8. The minimum atomic E-state index is -0.707. The smallest absolute Gasteiger partial charge is 0.330 e. The number of β-amino-alcohol motifs (C(OH)–C–C–N with tert-alkyl or cyclic N) is 1.